The number of carbonyl (C=O) groups excluding carboxylic acids is 1. The van der Waals surface area contributed by atoms with Gasteiger partial charge in [0.1, 0.15) is 16.9 Å². The number of rotatable bonds is 6. The Hall–Kier alpha value is -2.84. The molecule has 0 bridgehead atoms. The van der Waals surface area contributed by atoms with Crippen LogP contribution in [0.25, 0.3) is 0 Å². The minimum atomic E-state index is -0.669. The van der Waals surface area contributed by atoms with Gasteiger partial charge in [-0.25, -0.2) is 4.79 Å². The SMILES string of the molecule is C/N=C(\NC(=O)OC(C)(C)C)N(Cc1ccc(OC)cc1)C(C)(c1cccs1)c1ccccc1Br. The number of ether oxygens (including phenoxy) is 2. The summed E-state index contributed by atoms with van der Waals surface area (Å²) in [6, 6.07) is 20.1. The van der Waals surface area contributed by atoms with Crippen LogP contribution in [0.3, 0.4) is 0 Å². The first kappa shape index (κ1) is 26.8. The fourth-order valence-corrected chi connectivity index (χ4v) is 5.40. The number of hydrogen-bond acceptors (Lipinski definition) is 5. The van der Waals surface area contributed by atoms with E-state index in [0.29, 0.717) is 12.5 Å². The van der Waals surface area contributed by atoms with Crippen LogP contribution >= 0.6 is 27.3 Å². The lowest BCUT2D eigenvalue weighted by Crippen LogP contribution is -2.54. The van der Waals surface area contributed by atoms with Crippen LogP contribution in [0, 0.1) is 0 Å². The van der Waals surface area contributed by atoms with Crippen LogP contribution < -0.4 is 10.1 Å². The molecule has 1 atom stereocenters. The summed E-state index contributed by atoms with van der Waals surface area (Å²) in [5.74, 6) is 1.19. The van der Waals surface area contributed by atoms with Crippen LogP contribution in [0.2, 0.25) is 0 Å². The number of nitrogens with one attached hydrogen (secondary N) is 1. The lowest BCUT2D eigenvalue weighted by atomic mass is 9.87. The van der Waals surface area contributed by atoms with Gasteiger partial charge in [-0.3, -0.25) is 10.3 Å². The number of guanidine groups is 1. The van der Waals surface area contributed by atoms with Gasteiger partial charge in [0.05, 0.1) is 7.11 Å². The van der Waals surface area contributed by atoms with Crippen LogP contribution in [0.5, 0.6) is 5.75 Å². The Bertz CT molecular complexity index is 1160. The second kappa shape index (κ2) is 11.3. The molecule has 1 amide bonds. The van der Waals surface area contributed by atoms with Crippen molar-refractivity contribution in [2.75, 3.05) is 14.2 Å². The van der Waals surface area contributed by atoms with E-state index in [0.717, 1.165) is 26.2 Å². The highest BCUT2D eigenvalue weighted by Crippen LogP contribution is 2.42. The number of halogens is 1. The Labute approximate surface area is 220 Å². The lowest BCUT2D eigenvalue weighted by Gasteiger charge is -2.43. The fraction of sp³-hybridized carbons (Fsp3) is 0.333. The topological polar surface area (TPSA) is 63.2 Å². The van der Waals surface area contributed by atoms with Crippen LogP contribution in [0.15, 0.2) is 75.5 Å². The minimum absolute atomic E-state index is 0.404. The number of nitrogens with zero attached hydrogens (tertiary/aromatic N) is 2. The average molecular weight is 559 g/mol. The van der Waals surface area contributed by atoms with Crippen LogP contribution in [-0.4, -0.2) is 36.7 Å². The smallest absolute Gasteiger partial charge is 0.414 e. The Balaban J connectivity index is 2.15. The van der Waals surface area contributed by atoms with Crippen molar-refractivity contribution in [3.05, 3.63) is 86.5 Å². The molecule has 1 heterocycles. The maximum atomic E-state index is 12.8. The van der Waals surface area contributed by atoms with Crippen LogP contribution in [0.4, 0.5) is 4.79 Å². The molecule has 3 aromatic rings. The van der Waals surface area contributed by atoms with Gasteiger partial charge in [-0.15, -0.1) is 11.3 Å². The summed E-state index contributed by atoms with van der Waals surface area (Å²) in [6.45, 7) is 8.12. The maximum absolute atomic E-state index is 12.8. The summed E-state index contributed by atoms with van der Waals surface area (Å²) in [7, 11) is 3.32. The zero-order chi connectivity index (χ0) is 25.6. The molecule has 0 aliphatic heterocycles. The third-order valence-corrected chi connectivity index (χ3v) is 7.29. The number of alkyl carbamates (subject to hydrolysis) is 1. The lowest BCUT2D eigenvalue weighted by molar-refractivity contribution is 0.0550. The highest BCUT2D eigenvalue weighted by atomic mass is 79.9. The highest BCUT2D eigenvalue weighted by Gasteiger charge is 2.40. The van der Waals surface area contributed by atoms with Gasteiger partial charge >= 0.3 is 6.09 Å². The van der Waals surface area contributed by atoms with Crippen molar-refractivity contribution < 1.29 is 14.3 Å². The van der Waals surface area contributed by atoms with Gasteiger partial charge in [0, 0.05) is 22.9 Å². The molecule has 3 rings (SSSR count). The van der Waals surface area contributed by atoms with Gasteiger partial charge in [-0.1, -0.05) is 52.3 Å². The number of hydrogen-bond donors (Lipinski definition) is 1. The zero-order valence-electron chi connectivity index (χ0n) is 21.0. The number of thiophene rings is 1. The summed E-state index contributed by atoms with van der Waals surface area (Å²) in [5, 5.41) is 4.96. The van der Waals surface area contributed by atoms with Crippen molar-refractivity contribution in [1.29, 1.82) is 0 Å². The second-order valence-corrected chi connectivity index (χ2v) is 10.9. The molecule has 1 unspecified atom stereocenters. The molecule has 2 aromatic carbocycles. The first-order chi connectivity index (χ1) is 16.6. The van der Waals surface area contributed by atoms with Crippen molar-refractivity contribution in [2.45, 2.75) is 45.4 Å². The van der Waals surface area contributed by atoms with Crippen molar-refractivity contribution in [2.24, 2.45) is 4.99 Å². The number of carbonyl (C=O) groups is 1. The van der Waals surface area contributed by atoms with Gasteiger partial charge in [-0.05, 0) is 68.5 Å². The molecule has 1 aromatic heterocycles. The van der Waals surface area contributed by atoms with Crippen LogP contribution in [-0.2, 0) is 16.8 Å². The molecular formula is C27H32BrN3O3S. The summed E-state index contributed by atoms with van der Waals surface area (Å²) < 4.78 is 11.9. The molecule has 0 aliphatic rings. The first-order valence-electron chi connectivity index (χ1n) is 11.2. The maximum Gasteiger partial charge on any atom is 0.414 e. The summed E-state index contributed by atoms with van der Waals surface area (Å²) in [5.41, 5.74) is 0.775. The van der Waals surface area contributed by atoms with E-state index < -0.39 is 17.2 Å². The quantitative estimate of drug-likeness (QED) is 0.267. The standard InChI is InChI=1S/C27H32BrN3O3S/c1-26(2,3)34-25(32)30-24(29-5)31(18-19-13-15-20(33-6)16-14-19)27(4,23-12-9-17-35-23)21-10-7-8-11-22(21)28/h7-17H,18H2,1-6H3,(H,29,30,32). The summed E-state index contributed by atoms with van der Waals surface area (Å²) in [4.78, 5) is 20.5. The van der Waals surface area contributed by atoms with Crippen molar-refractivity contribution >= 4 is 39.3 Å². The van der Waals surface area contributed by atoms with Gasteiger partial charge in [0.2, 0.25) is 5.96 Å². The third-order valence-electron chi connectivity index (χ3n) is 5.52. The number of methoxy groups -OCH3 is 1. The largest absolute Gasteiger partial charge is 0.497 e. The molecule has 1 N–H and O–H groups in total. The molecule has 0 aliphatic carbocycles. The summed E-state index contributed by atoms with van der Waals surface area (Å²) >= 11 is 5.42. The van der Waals surface area contributed by atoms with E-state index in [1.54, 1.807) is 25.5 Å². The number of amides is 1. The first-order valence-corrected chi connectivity index (χ1v) is 12.9. The average Bonchev–Trinajstić information content (AvgIpc) is 3.36. The van der Waals surface area contributed by atoms with E-state index in [9.17, 15) is 4.79 Å². The van der Waals surface area contributed by atoms with E-state index in [4.69, 9.17) is 9.47 Å². The predicted molar refractivity (Wildman–Crippen MR) is 146 cm³/mol. The Morgan fingerprint density at radius 1 is 1.06 bits per heavy atom. The minimum Gasteiger partial charge on any atom is -0.497 e. The molecule has 0 saturated heterocycles. The Morgan fingerprint density at radius 3 is 2.29 bits per heavy atom. The number of aliphatic imine (C=N–C) groups is 1. The molecular weight excluding hydrogens is 526 g/mol. The van der Waals surface area contributed by atoms with E-state index in [-0.39, 0.29) is 0 Å². The Morgan fingerprint density at radius 2 is 1.74 bits per heavy atom. The molecule has 0 spiro atoms. The van der Waals surface area contributed by atoms with Gasteiger partial charge in [0.15, 0.2) is 0 Å². The molecule has 35 heavy (non-hydrogen) atoms. The van der Waals surface area contributed by atoms with Crippen molar-refractivity contribution in [3.63, 3.8) is 0 Å². The van der Waals surface area contributed by atoms with E-state index >= 15 is 0 Å². The van der Waals surface area contributed by atoms with Crippen LogP contribution in [0.1, 0.15) is 43.7 Å². The second-order valence-electron chi connectivity index (χ2n) is 9.14. The predicted octanol–water partition coefficient (Wildman–Crippen LogP) is 6.80. The van der Waals surface area contributed by atoms with Crippen molar-refractivity contribution in [3.8, 4) is 5.75 Å². The van der Waals surface area contributed by atoms with E-state index in [1.165, 1.54) is 0 Å². The van der Waals surface area contributed by atoms with Crippen molar-refractivity contribution in [1.82, 2.24) is 10.2 Å². The molecule has 8 heteroatoms. The zero-order valence-corrected chi connectivity index (χ0v) is 23.4. The normalized spacial score (nSPS) is 13.6. The van der Waals surface area contributed by atoms with E-state index in [2.05, 4.69) is 55.6 Å². The monoisotopic (exact) mass is 557 g/mol. The highest BCUT2D eigenvalue weighted by molar-refractivity contribution is 9.10. The molecule has 6 nitrogen and oxygen atoms in total. The molecule has 0 fully saturated rings. The molecule has 0 radical (unpaired) electrons. The molecule has 186 valence electrons. The van der Waals surface area contributed by atoms with Gasteiger partial charge in [0.25, 0.3) is 0 Å². The van der Waals surface area contributed by atoms with Gasteiger partial charge < -0.3 is 14.4 Å². The summed E-state index contributed by atoms with van der Waals surface area (Å²) in [6.07, 6.45) is -0.557. The fourth-order valence-electron chi connectivity index (χ4n) is 3.82. The Kier molecular flexibility index (Phi) is 8.61. The van der Waals surface area contributed by atoms with E-state index in [1.807, 2.05) is 69.3 Å². The molecule has 0 saturated carbocycles. The number of benzene rings is 2. The van der Waals surface area contributed by atoms with Gasteiger partial charge in [-0.2, -0.15) is 0 Å². The third kappa shape index (κ3) is 6.44.